The van der Waals surface area contributed by atoms with Gasteiger partial charge in [-0.1, -0.05) is 0 Å². The maximum Gasteiger partial charge on any atom is 0.351 e. The zero-order chi connectivity index (χ0) is 12.5. The number of carboxylic acid groups (broad SMARTS) is 1. The lowest BCUT2D eigenvalue weighted by Crippen LogP contribution is -2.25. The molecule has 1 aliphatic rings. The van der Waals surface area contributed by atoms with Crippen molar-refractivity contribution in [3.8, 4) is 0 Å². The van der Waals surface area contributed by atoms with Crippen molar-refractivity contribution < 1.29 is 9.90 Å². The third-order valence-corrected chi connectivity index (χ3v) is 2.42. The lowest BCUT2D eigenvalue weighted by Gasteiger charge is -2.13. The van der Waals surface area contributed by atoms with E-state index in [4.69, 9.17) is 10.8 Å². The summed E-state index contributed by atoms with van der Waals surface area (Å²) in [6, 6.07) is 0. The Morgan fingerprint density at radius 1 is 1.59 bits per heavy atom. The number of carbonyl (C=O) groups is 1. The Kier molecular flexibility index (Phi) is 6.03. The van der Waals surface area contributed by atoms with Gasteiger partial charge in [0.2, 0.25) is 0 Å². The Balaban J connectivity index is 2.43. The summed E-state index contributed by atoms with van der Waals surface area (Å²) in [5, 5.41) is 11.7. The summed E-state index contributed by atoms with van der Waals surface area (Å²) < 4.78 is 0. The first-order valence-electron chi connectivity index (χ1n) is 5.82. The summed E-state index contributed by atoms with van der Waals surface area (Å²) >= 11 is 0. The van der Waals surface area contributed by atoms with Gasteiger partial charge in [-0.15, -0.1) is 0 Å². The van der Waals surface area contributed by atoms with Crippen LogP contribution in [0.5, 0.6) is 0 Å². The molecule has 4 N–H and O–H groups in total. The fraction of sp³-hybridized carbons (Fsp3) is 0.500. The number of hydrogen-bond acceptors (Lipinski definition) is 4. The lowest BCUT2D eigenvalue weighted by atomic mass is 10.1. The van der Waals surface area contributed by atoms with E-state index in [-0.39, 0.29) is 5.70 Å². The van der Waals surface area contributed by atoms with Crippen molar-refractivity contribution in [3.05, 3.63) is 23.4 Å². The van der Waals surface area contributed by atoms with Gasteiger partial charge in [-0.05, 0) is 43.5 Å². The molecule has 0 amide bonds. The van der Waals surface area contributed by atoms with Crippen LogP contribution in [0.1, 0.15) is 19.3 Å². The third kappa shape index (κ3) is 5.31. The van der Waals surface area contributed by atoms with E-state index in [0.29, 0.717) is 13.1 Å². The van der Waals surface area contributed by atoms with Crippen LogP contribution in [0, 0.1) is 0 Å². The summed E-state index contributed by atoms with van der Waals surface area (Å²) in [4.78, 5) is 15.0. The topological polar surface area (TPSA) is 87.7 Å². The Labute approximate surface area is 101 Å². The van der Waals surface area contributed by atoms with Gasteiger partial charge in [-0.2, -0.15) is 0 Å². The minimum Gasteiger partial charge on any atom is -0.477 e. The Morgan fingerprint density at radius 3 is 3.12 bits per heavy atom. The number of nitrogens with two attached hydrogens (primary N) is 1. The number of allylic oxidation sites excluding steroid dienone is 2. The van der Waals surface area contributed by atoms with E-state index in [2.05, 4.69) is 10.3 Å². The van der Waals surface area contributed by atoms with Crippen molar-refractivity contribution in [3.63, 3.8) is 0 Å². The molecule has 5 nitrogen and oxygen atoms in total. The Bertz CT molecular complexity index is 346. The average molecular weight is 237 g/mol. The van der Waals surface area contributed by atoms with Gasteiger partial charge >= 0.3 is 5.97 Å². The summed E-state index contributed by atoms with van der Waals surface area (Å²) in [6.07, 6.45) is 8.07. The van der Waals surface area contributed by atoms with Crippen molar-refractivity contribution in [2.75, 3.05) is 19.6 Å². The van der Waals surface area contributed by atoms with Crippen LogP contribution >= 0.6 is 0 Å². The molecule has 0 aliphatic carbocycles. The molecular formula is C12H19N3O2. The molecule has 1 aliphatic heterocycles. The summed E-state index contributed by atoms with van der Waals surface area (Å²) in [5.41, 5.74) is 6.61. The van der Waals surface area contributed by atoms with Crippen molar-refractivity contribution in [1.29, 1.82) is 0 Å². The molecule has 0 unspecified atom stereocenters. The third-order valence-electron chi connectivity index (χ3n) is 2.42. The van der Waals surface area contributed by atoms with Crippen LogP contribution in [-0.2, 0) is 4.79 Å². The van der Waals surface area contributed by atoms with Crippen LogP contribution in [0.25, 0.3) is 0 Å². The number of aliphatic carboxylic acids is 1. The minimum absolute atomic E-state index is 0.249. The fourth-order valence-electron chi connectivity index (χ4n) is 1.49. The number of carboxylic acids is 1. The fourth-order valence-corrected chi connectivity index (χ4v) is 1.49. The van der Waals surface area contributed by atoms with Crippen LogP contribution < -0.4 is 11.1 Å². The van der Waals surface area contributed by atoms with Crippen LogP contribution in [0.3, 0.4) is 0 Å². The van der Waals surface area contributed by atoms with E-state index in [1.54, 1.807) is 12.3 Å². The van der Waals surface area contributed by atoms with Gasteiger partial charge in [-0.25, -0.2) is 4.79 Å². The second kappa shape index (κ2) is 7.62. The first-order valence-corrected chi connectivity index (χ1v) is 5.82. The monoisotopic (exact) mass is 237 g/mol. The highest BCUT2D eigenvalue weighted by molar-refractivity contribution is 5.87. The minimum atomic E-state index is -0.921. The first-order chi connectivity index (χ1) is 8.24. The Morgan fingerprint density at radius 2 is 2.41 bits per heavy atom. The predicted molar refractivity (Wildman–Crippen MR) is 68.1 cm³/mol. The molecular weight excluding hydrogens is 218 g/mol. The molecule has 0 fully saturated rings. The SMILES string of the molecule is NCCCCN=CC=C1C=C(C(=O)O)NCC1. The van der Waals surface area contributed by atoms with Crippen molar-refractivity contribution >= 4 is 12.2 Å². The Hall–Kier alpha value is -1.62. The van der Waals surface area contributed by atoms with Gasteiger partial charge in [0.25, 0.3) is 0 Å². The first kappa shape index (κ1) is 13.4. The quantitative estimate of drug-likeness (QED) is 0.468. The molecule has 0 atom stereocenters. The molecule has 0 saturated carbocycles. The molecule has 0 aromatic carbocycles. The molecule has 5 heteroatoms. The maximum atomic E-state index is 10.7. The number of aliphatic imine (C=N–C) groups is 1. The predicted octanol–water partition coefficient (Wildman–Crippen LogP) is 0.684. The number of rotatable bonds is 6. The summed E-state index contributed by atoms with van der Waals surface area (Å²) in [5.74, 6) is -0.921. The van der Waals surface area contributed by atoms with Crippen LogP contribution in [0.4, 0.5) is 0 Å². The van der Waals surface area contributed by atoms with Gasteiger partial charge in [0.1, 0.15) is 5.70 Å². The molecule has 0 radical (unpaired) electrons. The summed E-state index contributed by atoms with van der Waals surface area (Å²) in [7, 11) is 0. The average Bonchev–Trinajstić information content (AvgIpc) is 2.34. The van der Waals surface area contributed by atoms with Crippen LogP contribution in [-0.4, -0.2) is 36.9 Å². The second-order valence-corrected chi connectivity index (χ2v) is 3.83. The van der Waals surface area contributed by atoms with Gasteiger partial charge < -0.3 is 16.2 Å². The van der Waals surface area contributed by atoms with Gasteiger partial charge in [0.05, 0.1) is 0 Å². The molecule has 17 heavy (non-hydrogen) atoms. The van der Waals surface area contributed by atoms with Crippen LogP contribution in [0.15, 0.2) is 28.4 Å². The summed E-state index contributed by atoms with van der Waals surface area (Å²) in [6.45, 7) is 2.13. The molecule has 0 saturated heterocycles. The van der Waals surface area contributed by atoms with Crippen molar-refractivity contribution in [2.24, 2.45) is 10.7 Å². The number of nitrogens with one attached hydrogen (secondary N) is 1. The zero-order valence-electron chi connectivity index (χ0n) is 9.85. The smallest absolute Gasteiger partial charge is 0.351 e. The zero-order valence-corrected chi connectivity index (χ0v) is 9.85. The molecule has 94 valence electrons. The standard InChI is InChI=1S/C12H19N3O2/c13-5-1-2-6-14-7-3-10-4-8-15-11(9-10)12(16)17/h3,7,9,15H,1-2,4-6,8,13H2,(H,16,17). The van der Waals surface area contributed by atoms with Crippen molar-refractivity contribution in [1.82, 2.24) is 5.32 Å². The molecule has 0 spiro atoms. The van der Waals surface area contributed by atoms with E-state index < -0.39 is 5.97 Å². The van der Waals surface area contributed by atoms with Crippen molar-refractivity contribution in [2.45, 2.75) is 19.3 Å². The van der Waals surface area contributed by atoms with E-state index >= 15 is 0 Å². The highest BCUT2D eigenvalue weighted by atomic mass is 16.4. The van der Waals surface area contributed by atoms with Gasteiger partial charge in [-0.3, -0.25) is 4.99 Å². The maximum absolute atomic E-state index is 10.7. The second-order valence-electron chi connectivity index (χ2n) is 3.83. The molecule has 0 aromatic heterocycles. The van der Waals surface area contributed by atoms with Gasteiger partial charge in [0.15, 0.2) is 0 Å². The number of unbranched alkanes of at least 4 members (excludes halogenated alkanes) is 1. The number of hydrogen-bond donors (Lipinski definition) is 3. The highest BCUT2D eigenvalue weighted by Crippen LogP contribution is 2.10. The largest absolute Gasteiger partial charge is 0.477 e. The highest BCUT2D eigenvalue weighted by Gasteiger charge is 2.11. The number of nitrogens with zero attached hydrogens (tertiary/aromatic N) is 1. The molecule has 0 bridgehead atoms. The van der Waals surface area contributed by atoms with E-state index in [1.165, 1.54) is 0 Å². The van der Waals surface area contributed by atoms with Gasteiger partial charge in [0, 0.05) is 19.3 Å². The van der Waals surface area contributed by atoms with E-state index in [9.17, 15) is 4.79 Å². The molecule has 1 rings (SSSR count). The van der Waals surface area contributed by atoms with E-state index in [1.807, 2.05) is 6.08 Å². The lowest BCUT2D eigenvalue weighted by molar-refractivity contribution is -0.133. The molecule has 0 aromatic rings. The molecule has 1 heterocycles. The van der Waals surface area contributed by atoms with E-state index in [0.717, 1.165) is 31.4 Å². The van der Waals surface area contributed by atoms with Crippen LogP contribution in [0.2, 0.25) is 0 Å². The normalized spacial score (nSPS) is 18.2.